The van der Waals surface area contributed by atoms with Crippen molar-refractivity contribution in [2.75, 3.05) is 13.3 Å². The molecule has 0 bridgehead atoms. The average molecular weight is 406 g/mol. The van der Waals surface area contributed by atoms with Crippen LogP contribution >= 0.6 is 12.4 Å². The first-order valence-corrected chi connectivity index (χ1v) is 8.18. The lowest BCUT2D eigenvalue weighted by atomic mass is 10.1. The molecule has 0 fully saturated rings. The maximum Gasteiger partial charge on any atom is 0.350 e. The summed E-state index contributed by atoms with van der Waals surface area (Å²) in [4.78, 5) is 16.9. The van der Waals surface area contributed by atoms with Gasteiger partial charge >= 0.3 is 5.69 Å². The predicted octanol–water partition coefficient (Wildman–Crippen LogP) is 2.06. The van der Waals surface area contributed by atoms with E-state index in [2.05, 4.69) is 10.1 Å². The Morgan fingerprint density at radius 1 is 1.25 bits per heavy atom. The lowest BCUT2D eigenvalue weighted by molar-refractivity contribution is 0.174. The number of aromatic nitrogens is 4. The van der Waals surface area contributed by atoms with E-state index in [9.17, 15) is 9.18 Å². The Bertz CT molecular complexity index is 1080. The molecule has 1 aliphatic rings. The summed E-state index contributed by atoms with van der Waals surface area (Å²) >= 11 is 0. The summed E-state index contributed by atoms with van der Waals surface area (Å²) in [5, 5.41) is 4.02. The molecule has 10 heteroatoms. The van der Waals surface area contributed by atoms with E-state index < -0.39 is 5.69 Å². The van der Waals surface area contributed by atoms with Crippen molar-refractivity contribution in [2.45, 2.75) is 6.54 Å². The first-order chi connectivity index (χ1) is 13.2. The quantitative estimate of drug-likeness (QED) is 0.697. The van der Waals surface area contributed by atoms with Crippen LogP contribution in [0.4, 0.5) is 4.39 Å². The number of halogens is 2. The summed E-state index contributed by atoms with van der Waals surface area (Å²) in [7, 11) is 0. The molecule has 1 aromatic carbocycles. The molecule has 28 heavy (non-hydrogen) atoms. The molecular formula is C18H17ClFN5O3. The zero-order valence-corrected chi connectivity index (χ0v) is 15.4. The van der Waals surface area contributed by atoms with Crippen LogP contribution in [0.15, 0.2) is 59.6 Å². The van der Waals surface area contributed by atoms with Gasteiger partial charge in [-0.25, -0.2) is 18.4 Å². The molecule has 0 saturated carbocycles. The molecule has 0 radical (unpaired) electrons. The van der Waals surface area contributed by atoms with Crippen LogP contribution in [0, 0.1) is 0 Å². The van der Waals surface area contributed by atoms with E-state index in [1.165, 1.54) is 10.9 Å². The van der Waals surface area contributed by atoms with Gasteiger partial charge in [0.05, 0.1) is 24.3 Å². The van der Waals surface area contributed by atoms with Gasteiger partial charge in [-0.05, 0) is 35.9 Å². The van der Waals surface area contributed by atoms with Crippen LogP contribution < -0.4 is 20.9 Å². The van der Waals surface area contributed by atoms with E-state index >= 15 is 0 Å². The van der Waals surface area contributed by atoms with Crippen LogP contribution in [0.25, 0.3) is 16.9 Å². The van der Waals surface area contributed by atoms with E-state index in [1.807, 2.05) is 18.2 Å². The number of hydrogen-bond acceptors (Lipinski definition) is 6. The summed E-state index contributed by atoms with van der Waals surface area (Å²) in [6, 6.07) is 8.97. The summed E-state index contributed by atoms with van der Waals surface area (Å²) < 4.78 is 25.9. The third kappa shape index (κ3) is 3.62. The molecule has 3 heterocycles. The molecule has 0 atom stereocenters. The lowest BCUT2D eigenvalue weighted by Gasteiger charge is -2.06. The topological polar surface area (TPSA) is 97.2 Å². The van der Waals surface area contributed by atoms with Gasteiger partial charge in [0.1, 0.15) is 6.33 Å². The van der Waals surface area contributed by atoms with Crippen LogP contribution in [0.2, 0.25) is 0 Å². The second-order valence-corrected chi connectivity index (χ2v) is 5.88. The number of nitrogens with two attached hydrogens (primary N) is 1. The van der Waals surface area contributed by atoms with Crippen LogP contribution in [-0.4, -0.2) is 32.7 Å². The minimum atomic E-state index is -0.398. The Morgan fingerprint density at radius 2 is 2.07 bits per heavy atom. The van der Waals surface area contributed by atoms with Gasteiger partial charge in [-0.2, -0.15) is 5.10 Å². The minimum absolute atomic E-state index is 0. The highest BCUT2D eigenvalue weighted by Gasteiger charge is 2.15. The molecular weight excluding hydrogens is 389 g/mol. The fourth-order valence-electron chi connectivity index (χ4n) is 2.74. The molecule has 0 spiro atoms. The normalized spacial score (nSPS) is 12.7. The van der Waals surface area contributed by atoms with Gasteiger partial charge in [-0.1, -0.05) is 0 Å². The van der Waals surface area contributed by atoms with Gasteiger partial charge in [0, 0.05) is 18.3 Å². The molecule has 0 aliphatic carbocycles. The molecule has 0 amide bonds. The zero-order valence-electron chi connectivity index (χ0n) is 14.6. The number of benzene rings is 1. The van der Waals surface area contributed by atoms with Gasteiger partial charge < -0.3 is 15.2 Å². The number of nitrogens with zero attached hydrogens (tertiary/aromatic N) is 4. The smallest absolute Gasteiger partial charge is 0.350 e. The predicted molar refractivity (Wildman–Crippen MR) is 103 cm³/mol. The van der Waals surface area contributed by atoms with Crippen molar-refractivity contribution in [1.29, 1.82) is 0 Å². The summed E-state index contributed by atoms with van der Waals surface area (Å²) in [5.41, 5.74) is 7.40. The van der Waals surface area contributed by atoms with E-state index in [-0.39, 0.29) is 37.9 Å². The SMILES string of the molecule is Cl.NC/C(=C\F)Cn1ncn(-c2ccnc(-c3ccc4c(c3)OCO4)c2)c1=O. The highest BCUT2D eigenvalue weighted by Crippen LogP contribution is 2.35. The number of hydrogen-bond donors (Lipinski definition) is 1. The van der Waals surface area contributed by atoms with Crippen LogP contribution in [0.3, 0.4) is 0 Å². The Kier molecular flexibility index (Phi) is 5.76. The molecule has 8 nitrogen and oxygen atoms in total. The Balaban J connectivity index is 0.00000225. The van der Waals surface area contributed by atoms with Crippen molar-refractivity contribution < 1.29 is 13.9 Å². The second-order valence-electron chi connectivity index (χ2n) is 5.88. The van der Waals surface area contributed by atoms with Crippen molar-refractivity contribution in [1.82, 2.24) is 19.3 Å². The molecule has 1 aliphatic heterocycles. The standard InChI is InChI=1S/C18H16FN5O3.ClH/c19-7-12(8-20)9-24-18(25)23(10-22-24)14-3-4-21-15(6-14)13-1-2-16-17(5-13)27-11-26-16;/h1-7,10H,8-9,11,20H2;1H/b12-7+;. The van der Waals surface area contributed by atoms with Crippen molar-refractivity contribution in [3.63, 3.8) is 0 Å². The number of ether oxygens (including phenoxy) is 2. The Labute approximate surface area is 165 Å². The second kappa shape index (κ2) is 8.24. The zero-order chi connectivity index (χ0) is 18.8. The molecule has 0 unspecified atom stereocenters. The highest BCUT2D eigenvalue weighted by atomic mass is 35.5. The monoisotopic (exact) mass is 405 g/mol. The molecule has 4 rings (SSSR count). The van der Waals surface area contributed by atoms with Crippen LogP contribution in [0.1, 0.15) is 0 Å². The first kappa shape index (κ1) is 19.6. The molecule has 0 saturated heterocycles. The lowest BCUT2D eigenvalue weighted by Crippen LogP contribution is -2.26. The van der Waals surface area contributed by atoms with Crippen molar-refractivity contribution in [2.24, 2.45) is 5.73 Å². The van der Waals surface area contributed by atoms with Gasteiger partial charge in [0.25, 0.3) is 0 Å². The van der Waals surface area contributed by atoms with Gasteiger partial charge in [-0.15, -0.1) is 12.4 Å². The van der Waals surface area contributed by atoms with E-state index in [4.69, 9.17) is 15.2 Å². The minimum Gasteiger partial charge on any atom is -0.454 e. The summed E-state index contributed by atoms with van der Waals surface area (Å²) in [5.74, 6) is 1.33. The summed E-state index contributed by atoms with van der Waals surface area (Å²) in [6.45, 7) is 0.206. The Morgan fingerprint density at radius 3 is 2.86 bits per heavy atom. The van der Waals surface area contributed by atoms with Crippen LogP contribution in [-0.2, 0) is 6.54 Å². The van der Waals surface area contributed by atoms with Crippen LogP contribution in [0.5, 0.6) is 11.5 Å². The largest absolute Gasteiger partial charge is 0.454 e. The fourth-order valence-corrected chi connectivity index (χ4v) is 2.74. The highest BCUT2D eigenvalue weighted by molar-refractivity contribution is 5.85. The molecule has 2 N–H and O–H groups in total. The number of fused-ring (bicyclic) bond motifs is 1. The fraction of sp³-hybridized carbons (Fsp3) is 0.167. The average Bonchev–Trinajstić information content (AvgIpc) is 3.32. The van der Waals surface area contributed by atoms with E-state index in [0.29, 0.717) is 29.2 Å². The van der Waals surface area contributed by atoms with E-state index in [0.717, 1.165) is 10.2 Å². The first-order valence-electron chi connectivity index (χ1n) is 8.18. The van der Waals surface area contributed by atoms with Crippen molar-refractivity contribution in [3.8, 4) is 28.4 Å². The van der Waals surface area contributed by atoms with Crippen molar-refractivity contribution >= 4 is 12.4 Å². The third-order valence-electron chi connectivity index (χ3n) is 4.19. The maximum atomic E-state index is 12.7. The number of pyridine rings is 1. The Hall–Kier alpha value is -3.17. The molecule has 146 valence electrons. The number of rotatable bonds is 5. The molecule has 2 aromatic heterocycles. The van der Waals surface area contributed by atoms with Crippen molar-refractivity contribution in [3.05, 3.63) is 65.2 Å². The van der Waals surface area contributed by atoms with Gasteiger partial charge in [-0.3, -0.25) is 4.98 Å². The maximum absolute atomic E-state index is 12.7. The van der Waals surface area contributed by atoms with Gasteiger partial charge in [0.15, 0.2) is 11.5 Å². The van der Waals surface area contributed by atoms with E-state index in [1.54, 1.807) is 18.3 Å². The van der Waals surface area contributed by atoms with Gasteiger partial charge in [0.2, 0.25) is 6.79 Å². The molecule has 3 aromatic rings. The third-order valence-corrected chi connectivity index (χ3v) is 4.19. The summed E-state index contributed by atoms with van der Waals surface area (Å²) in [6.07, 6.45) is 3.38.